The van der Waals surface area contributed by atoms with Crippen LogP contribution in [0.25, 0.3) is 0 Å². The minimum absolute atomic E-state index is 0.0840. The van der Waals surface area contributed by atoms with E-state index in [-0.39, 0.29) is 5.69 Å². The van der Waals surface area contributed by atoms with Gasteiger partial charge < -0.3 is 5.32 Å². The van der Waals surface area contributed by atoms with E-state index in [4.69, 9.17) is 0 Å². The average molecular weight is 272 g/mol. The second-order valence-corrected chi connectivity index (χ2v) is 5.33. The first-order valence-electron chi connectivity index (χ1n) is 7.24. The van der Waals surface area contributed by atoms with Gasteiger partial charge in [-0.1, -0.05) is 13.0 Å². The maximum absolute atomic E-state index is 12.2. The van der Waals surface area contributed by atoms with Gasteiger partial charge in [-0.25, -0.2) is 9.78 Å². The van der Waals surface area contributed by atoms with Crippen LogP contribution in [0.4, 0.5) is 5.82 Å². The van der Waals surface area contributed by atoms with Gasteiger partial charge in [0.2, 0.25) is 0 Å². The van der Waals surface area contributed by atoms with Crippen LogP contribution in [0.15, 0.2) is 35.5 Å². The van der Waals surface area contributed by atoms with Gasteiger partial charge in [0.05, 0.1) is 6.54 Å². The highest BCUT2D eigenvalue weighted by atomic mass is 16.1. The van der Waals surface area contributed by atoms with Crippen molar-refractivity contribution in [2.24, 2.45) is 0 Å². The molecule has 0 saturated heterocycles. The number of hydrogen-bond acceptors (Lipinski definition) is 3. The van der Waals surface area contributed by atoms with Crippen molar-refractivity contribution in [3.05, 3.63) is 46.8 Å². The third kappa shape index (κ3) is 2.76. The maximum Gasteiger partial charge on any atom is 0.328 e. The molecule has 0 unspecified atom stereocenters. The smallest absolute Gasteiger partial charge is 0.328 e. The molecule has 5 heteroatoms. The highest BCUT2D eigenvalue weighted by Crippen LogP contribution is 2.33. The molecule has 1 fully saturated rings. The highest BCUT2D eigenvalue weighted by Gasteiger charge is 2.25. The highest BCUT2D eigenvalue weighted by molar-refractivity contribution is 5.35. The van der Waals surface area contributed by atoms with Crippen LogP contribution in [-0.4, -0.2) is 20.7 Å². The molecule has 1 aliphatic rings. The molecule has 0 aliphatic heterocycles. The third-order valence-electron chi connectivity index (χ3n) is 3.55. The Labute approximate surface area is 118 Å². The molecule has 0 spiro atoms. The minimum Gasteiger partial charge on any atom is -0.370 e. The third-order valence-corrected chi connectivity index (χ3v) is 3.55. The standard InChI is InChI=1S/C15H20N4O/c1-2-7-16-14-6-3-12(10-17-14)11-18-8-9-19(15(18)20)13-4-5-13/h3,6,8-10,13H,2,4-5,7,11H2,1H3,(H,16,17). The van der Waals surface area contributed by atoms with Gasteiger partial charge in [-0.05, 0) is 30.9 Å². The Hall–Kier alpha value is -2.04. The summed E-state index contributed by atoms with van der Waals surface area (Å²) >= 11 is 0. The Bertz CT molecular complexity index is 622. The summed E-state index contributed by atoms with van der Waals surface area (Å²) in [6.45, 7) is 3.63. The number of pyridine rings is 1. The van der Waals surface area contributed by atoms with E-state index < -0.39 is 0 Å². The number of anilines is 1. The molecule has 2 heterocycles. The Morgan fingerprint density at radius 1 is 1.35 bits per heavy atom. The molecule has 1 saturated carbocycles. The topological polar surface area (TPSA) is 51.9 Å². The first-order chi connectivity index (χ1) is 9.78. The van der Waals surface area contributed by atoms with E-state index in [1.807, 2.05) is 35.3 Å². The van der Waals surface area contributed by atoms with Crippen molar-refractivity contribution in [2.45, 2.75) is 38.8 Å². The second kappa shape index (κ2) is 5.53. The lowest BCUT2D eigenvalue weighted by Crippen LogP contribution is -2.23. The SMILES string of the molecule is CCCNc1ccc(Cn2ccn(C3CC3)c2=O)cn1. The fourth-order valence-electron chi connectivity index (χ4n) is 2.25. The van der Waals surface area contributed by atoms with E-state index in [0.717, 1.165) is 37.2 Å². The number of aromatic nitrogens is 3. The molecule has 3 rings (SSSR count). The van der Waals surface area contributed by atoms with E-state index in [0.29, 0.717) is 12.6 Å². The Morgan fingerprint density at radius 3 is 2.85 bits per heavy atom. The van der Waals surface area contributed by atoms with Crippen LogP contribution >= 0.6 is 0 Å². The Balaban J connectivity index is 1.69. The summed E-state index contributed by atoms with van der Waals surface area (Å²) in [5.41, 5.74) is 1.13. The van der Waals surface area contributed by atoms with Crippen molar-refractivity contribution in [1.29, 1.82) is 0 Å². The molecule has 106 valence electrons. The van der Waals surface area contributed by atoms with E-state index in [1.54, 1.807) is 4.57 Å². The van der Waals surface area contributed by atoms with E-state index in [1.165, 1.54) is 0 Å². The molecule has 0 aromatic carbocycles. The molecule has 2 aromatic heterocycles. The fourth-order valence-corrected chi connectivity index (χ4v) is 2.25. The van der Waals surface area contributed by atoms with Gasteiger partial charge in [-0.3, -0.25) is 9.13 Å². The van der Waals surface area contributed by atoms with Crippen LogP contribution in [0.2, 0.25) is 0 Å². The van der Waals surface area contributed by atoms with Gasteiger partial charge in [-0.2, -0.15) is 0 Å². The van der Waals surface area contributed by atoms with Crippen molar-refractivity contribution in [1.82, 2.24) is 14.1 Å². The monoisotopic (exact) mass is 272 g/mol. The largest absolute Gasteiger partial charge is 0.370 e. The molecule has 5 nitrogen and oxygen atoms in total. The zero-order valence-corrected chi connectivity index (χ0v) is 11.7. The molecule has 0 atom stereocenters. The van der Waals surface area contributed by atoms with E-state index in [2.05, 4.69) is 17.2 Å². The van der Waals surface area contributed by atoms with Crippen molar-refractivity contribution in [3.63, 3.8) is 0 Å². The fraction of sp³-hybridized carbons (Fsp3) is 0.467. The summed E-state index contributed by atoms with van der Waals surface area (Å²) in [5.74, 6) is 0.887. The van der Waals surface area contributed by atoms with Gasteiger partial charge in [0.1, 0.15) is 5.82 Å². The van der Waals surface area contributed by atoms with Gasteiger partial charge in [0.25, 0.3) is 0 Å². The minimum atomic E-state index is 0.0840. The van der Waals surface area contributed by atoms with Crippen LogP contribution < -0.4 is 11.0 Å². The summed E-state index contributed by atoms with van der Waals surface area (Å²) in [6, 6.07) is 4.42. The summed E-state index contributed by atoms with van der Waals surface area (Å²) in [4.78, 5) is 16.5. The van der Waals surface area contributed by atoms with Crippen LogP contribution in [0, 0.1) is 0 Å². The maximum atomic E-state index is 12.2. The van der Waals surface area contributed by atoms with Crippen molar-refractivity contribution >= 4 is 5.82 Å². The lowest BCUT2D eigenvalue weighted by atomic mass is 10.3. The van der Waals surface area contributed by atoms with E-state index in [9.17, 15) is 4.79 Å². The molecule has 20 heavy (non-hydrogen) atoms. The van der Waals surface area contributed by atoms with Crippen molar-refractivity contribution in [3.8, 4) is 0 Å². The first-order valence-corrected chi connectivity index (χ1v) is 7.24. The molecule has 1 aliphatic carbocycles. The zero-order chi connectivity index (χ0) is 13.9. The molecular formula is C15H20N4O. The predicted molar refractivity (Wildman–Crippen MR) is 79.1 cm³/mol. The molecule has 0 amide bonds. The van der Waals surface area contributed by atoms with Gasteiger partial charge in [0, 0.05) is 31.2 Å². The van der Waals surface area contributed by atoms with E-state index >= 15 is 0 Å². The van der Waals surface area contributed by atoms with Crippen LogP contribution in [-0.2, 0) is 6.54 Å². The lowest BCUT2D eigenvalue weighted by molar-refractivity contribution is 0.655. The normalized spacial score (nSPS) is 14.4. The van der Waals surface area contributed by atoms with Crippen LogP contribution in [0.1, 0.15) is 37.8 Å². The number of rotatable bonds is 6. The summed E-state index contributed by atoms with van der Waals surface area (Å²) in [5, 5.41) is 3.24. The summed E-state index contributed by atoms with van der Waals surface area (Å²) < 4.78 is 3.58. The summed E-state index contributed by atoms with van der Waals surface area (Å²) in [7, 11) is 0. The lowest BCUT2D eigenvalue weighted by Gasteiger charge is -2.05. The molecular weight excluding hydrogens is 252 g/mol. The number of imidazole rings is 1. The number of nitrogens with one attached hydrogen (secondary N) is 1. The van der Waals surface area contributed by atoms with Crippen molar-refractivity contribution < 1.29 is 0 Å². The van der Waals surface area contributed by atoms with Crippen molar-refractivity contribution in [2.75, 3.05) is 11.9 Å². The van der Waals surface area contributed by atoms with Gasteiger partial charge >= 0.3 is 5.69 Å². The quantitative estimate of drug-likeness (QED) is 0.877. The Kier molecular flexibility index (Phi) is 3.58. The molecule has 2 aromatic rings. The molecule has 0 bridgehead atoms. The Morgan fingerprint density at radius 2 is 2.20 bits per heavy atom. The average Bonchev–Trinajstić information content (AvgIpc) is 3.24. The molecule has 1 N–H and O–H groups in total. The zero-order valence-electron chi connectivity index (χ0n) is 11.7. The van der Waals surface area contributed by atoms with Gasteiger partial charge in [-0.15, -0.1) is 0 Å². The predicted octanol–water partition coefficient (Wildman–Crippen LogP) is 2.25. The number of hydrogen-bond donors (Lipinski definition) is 1. The molecule has 0 radical (unpaired) electrons. The number of nitrogens with zero attached hydrogens (tertiary/aromatic N) is 3. The summed E-state index contributed by atoms with van der Waals surface area (Å²) in [6.07, 6.45) is 8.92. The first kappa shape index (κ1) is 13.0. The van der Waals surface area contributed by atoms with Crippen LogP contribution in [0.3, 0.4) is 0 Å². The van der Waals surface area contributed by atoms with Crippen LogP contribution in [0.5, 0.6) is 0 Å². The van der Waals surface area contributed by atoms with Gasteiger partial charge in [0.15, 0.2) is 0 Å². The second-order valence-electron chi connectivity index (χ2n) is 5.33.